The maximum absolute atomic E-state index is 12.6. The predicted octanol–water partition coefficient (Wildman–Crippen LogP) is 2.70. The minimum absolute atomic E-state index is 0.123. The zero-order valence-electron chi connectivity index (χ0n) is 15.0. The lowest BCUT2D eigenvalue weighted by atomic mass is 10.2. The number of aryl methyl sites for hydroxylation is 1. The molecule has 0 aliphatic carbocycles. The van der Waals surface area contributed by atoms with Crippen molar-refractivity contribution in [3.63, 3.8) is 0 Å². The van der Waals surface area contributed by atoms with Crippen LogP contribution in [-0.4, -0.2) is 48.0 Å². The largest absolute Gasteiger partial charge is 0.368 e. The molecule has 3 rings (SSSR count). The van der Waals surface area contributed by atoms with Gasteiger partial charge in [-0.15, -0.1) is 0 Å². The van der Waals surface area contributed by atoms with Crippen molar-refractivity contribution < 1.29 is 9.59 Å². The van der Waals surface area contributed by atoms with Gasteiger partial charge in [0.05, 0.1) is 0 Å². The summed E-state index contributed by atoms with van der Waals surface area (Å²) in [5.74, 6) is -0.140. The van der Waals surface area contributed by atoms with Crippen LogP contribution in [0.4, 0.5) is 21.9 Å². The Morgan fingerprint density at radius 2 is 1.69 bits per heavy atom. The van der Waals surface area contributed by atoms with Crippen molar-refractivity contribution in [1.82, 2.24) is 9.88 Å². The molecule has 1 aliphatic rings. The van der Waals surface area contributed by atoms with E-state index in [0.717, 1.165) is 24.3 Å². The van der Waals surface area contributed by atoms with Gasteiger partial charge >= 0.3 is 6.03 Å². The Kier molecular flexibility index (Phi) is 5.36. The molecule has 3 amide bonds. The molecule has 2 aromatic rings. The molecule has 0 atom stereocenters. The molecule has 26 heavy (non-hydrogen) atoms. The smallest absolute Gasteiger partial charge is 0.321 e. The third kappa shape index (κ3) is 4.30. The van der Waals surface area contributed by atoms with Gasteiger partial charge in [-0.2, -0.15) is 0 Å². The molecule has 0 saturated carbocycles. The van der Waals surface area contributed by atoms with E-state index >= 15 is 0 Å². The van der Waals surface area contributed by atoms with Crippen LogP contribution in [0.1, 0.15) is 12.5 Å². The summed E-state index contributed by atoms with van der Waals surface area (Å²) in [6.45, 7) is 6.25. The fraction of sp³-hybridized carbons (Fsp3) is 0.316. The lowest BCUT2D eigenvalue weighted by Crippen LogP contribution is -2.50. The van der Waals surface area contributed by atoms with Gasteiger partial charge in [-0.25, -0.2) is 4.79 Å². The van der Waals surface area contributed by atoms with Crippen molar-refractivity contribution in [2.45, 2.75) is 13.8 Å². The number of hydrogen-bond donors (Lipinski definition) is 2. The molecule has 136 valence electrons. The standard InChI is InChI=1S/C19H23N5O2/c1-14-3-4-16(21-15(2)25)13-18(14)22-19(26)24-11-9-23(10-12-24)17-5-7-20-8-6-17/h3-8,13H,9-12H2,1-2H3,(H,21,25)(H,22,26). The quantitative estimate of drug-likeness (QED) is 0.889. The summed E-state index contributed by atoms with van der Waals surface area (Å²) < 4.78 is 0. The van der Waals surface area contributed by atoms with Crippen LogP contribution in [0.3, 0.4) is 0 Å². The van der Waals surface area contributed by atoms with E-state index in [1.54, 1.807) is 18.5 Å². The number of carbonyl (C=O) groups is 2. The summed E-state index contributed by atoms with van der Waals surface area (Å²) in [6, 6.07) is 9.31. The molecule has 1 saturated heterocycles. The monoisotopic (exact) mass is 353 g/mol. The summed E-state index contributed by atoms with van der Waals surface area (Å²) in [6.07, 6.45) is 3.55. The molecule has 2 heterocycles. The van der Waals surface area contributed by atoms with Crippen molar-refractivity contribution in [1.29, 1.82) is 0 Å². The van der Waals surface area contributed by atoms with E-state index in [2.05, 4.69) is 20.5 Å². The highest BCUT2D eigenvalue weighted by atomic mass is 16.2. The van der Waals surface area contributed by atoms with Crippen LogP contribution in [0, 0.1) is 6.92 Å². The van der Waals surface area contributed by atoms with Gasteiger partial charge in [0.15, 0.2) is 0 Å². The Bertz CT molecular complexity index is 786. The molecule has 1 aromatic heterocycles. The fourth-order valence-corrected chi connectivity index (χ4v) is 2.95. The summed E-state index contributed by atoms with van der Waals surface area (Å²) in [5.41, 5.74) is 3.44. The van der Waals surface area contributed by atoms with Crippen LogP contribution in [-0.2, 0) is 4.79 Å². The van der Waals surface area contributed by atoms with Crippen LogP contribution in [0.5, 0.6) is 0 Å². The van der Waals surface area contributed by atoms with Crippen molar-refractivity contribution in [2.75, 3.05) is 41.7 Å². The zero-order chi connectivity index (χ0) is 18.5. The second-order valence-electron chi connectivity index (χ2n) is 6.32. The summed E-state index contributed by atoms with van der Waals surface area (Å²) in [4.78, 5) is 31.9. The number of hydrogen-bond acceptors (Lipinski definition) is 4. The first-order valence-corrected chi connectivity index (χ1v) is 8.62. The molecule has 0 unspecified atom stereocenters. The van der Waals surface area contributed by atoms with E-state index in [1.165, 1.54) is 6.92 Å². The molecule has 1 fully saturated rings. The normalized spacial score (nSPS) is 14.1. The highest BCUT2D eigenvalue weighted by Crippen LogP contribution is 2.21. The number of aromatic nitrogens is 1. The molecule has 7 nitrogen and oxygen atoms in total. The summed E-state index contributed by atoms with van der Waals surface area (Å²) >= 11 is 0. The van der Waals surface area contributed by atoms with Crippen molar-refractivity contribution in [3.8, 4) is 0 Å². The zero-order valence-corrected chi connectivity index (χ0v) is 15.0. The molecule has 0 spiro atoms. The topological polar surface area (TPSA) is 77.6 Å². The van der Waals surface area contributed by atoms with E-state index in [1.807, 2.05) is 36.1 Å². The first kappa shape index (κ1) is 17.7. The minimum Gasteiger partial charge on any atom is -0.368 e. The molecule has 2 N–H and O–H groups in total. The Balaban J connectivity index is 1.60. The molecule has 1 aliphatic heterocycles. The highest BCUT2D eigenvalue weighted by molar-refractivity contribution is 5.93. The third-order valence-electron chi connectivity index (χ3n) is 4.39. The average molecular weight is 353 g/mol. The van der Waals surface area contributed by atoms with Crippen LogP contribution in [0.2, 0.25) is 0 Å². The number of carbonyl (C=O) groups excluding carboxylic acids is 2. The van der Waals surface area contributed by atoms with E-state index < -0.39 is 0 Å². The molecular formula is C19H23N5O2. The number of pyridine rings is 1. The third-order valence-corrected chi connectivity index (χ3v) is 4.39. The van der Waals surface area contributed by atoms with Crippen LogP contribution >= 0.6 is 0 Å². The molecular weight excluding hydrogens is 330 g/mol. The summed E-state index contributed by atoms with van der Waals surface area (Å²) in [5, 5.41) is 5.69. The fourth-order valence-electron chi connectivity index (χ4n) is 2.95. The highest BCUT2D eigenvalue weighted by Gasteiger charge is 2.21. The van der Waals surface area contributed by atoms with E-state index in [4.69, 9.17) is 0 Å². The number of rotatable bonds is 3. The number of nitrogens with one attached hydrogen (secondary N) is 2. The van der Waals surface area contributed by atoms with Gasteiger partial charge in [0.1, 0.15) is 0 Å². The molecule has 0 bridgehead atoms. The van der Waals surface area contributed by atoms with Crippen molar-refractivity contribution in [2.24, 2.45) is 0 Å². The Hall–Kier alpha value is -3.09. The summed E-state index contributed by atoms with van der Waals surface area (Å²) in [7, 11) is 0. The molecule has 0 radical (unpaired) electrons. The number of benzene rings is 1. The lowest BCUT2D eigenvalue weighted by molar-refractivity contribution is -0.114. The van der Waals surface area contributed by atoms with E-state index in [-0.39, 0.29) is 11.9 Å². The molecule has 1 aromatic carbocycles. The maximum atomic E-state index is 12.6. The number of anilines is 3. The van der Waals surface area contributed by atoms with Crippen LogP contribution in [0.15, 0.2) is 42.7 Å². The Morgan fingerprint density at radius 3 is 2.35 bits per heavy atom. The lowest BCUT2D eigenvalue weighted by Gasteiger charge is -2.36. The number of nitrogens with zero attached hydrogens (tertiary/aromatic N) is 3. The van der Waals surface area contributed by atoms with Gasteiger partial charge in [-0.05, 0) is 36.8 Å². The van der Waals surface area contributed by atoms with E-state index in [0.29, 0.717) is 24.5 Å². The van der Waals surface area contributed by atoms with Gasteiger partial charge < -0.3 is 20.4 Å². The predicted molar refractivity (Wildman–Crippen MR) is 103 cm³/mol. The van der Waals surface area contributed by atoms with E-state index in [9.17, 15) is 9.59 Å². The van der Waals surface area contributed by atoms with Gasteiger partial charge in [-0.1, -0.05) is 6.07 Å². The minimum atomic E-state index is -0.140. The number of amides is 3. The van der Waals surface area contributed by atoms with Gasteiger partial charge in [0, 0.05) is 62.6 Å². The van der Waals surface area contributed by atoms with Crippen LogP contribution < -0.4 is 15.5 Å². The van der Waals surface area contributed by atoms with Crippen molar-refractivity contribution in [3.05, 3.63) is 48.3 Å². The number of urea groups is 1. The Labute approximate surface area is 153 Å². The van der Waals surface area contributed by atoms with Crippen LogP contribution in [0.25, 0.3) is 0 Å². The SMILES string of the molecule is CC(=O)Nc1ccc(C)c(NC(=O)N2CCN(c3ccncc3)CC2)c1. The first-order chi connectivity index (χ1) is 12.5. The average Bonchev–Trinajstić information content (AvgIpc) is 2.65. The first-order valence-electron chi connectivity index (χ1n) is 8.62. The maximum Gasteiger partial charge on any atom is 0.321 e. The molecule has 7 heteroatoms. The van der Waals surface area contributed by atoms with Crippen molar-refractivity contribution >= 4 is 29.0 Å². The van der Waals surface area contributed by atoms with Gasteiger partial charge in [-0.3, -0.25) is 9.78 Å². The van der Waals surface area contributed by atoms with Gasteiger partial charge in [0.2, 0.25) is 5.91 Å². The second kappa shape index (κ2) is 7.86. The Morgan fingerprint density at radius 1 is 1.00 bits per heavy atom. The van der Waals surface area contributed by atoms with Gasteiger partial charge in [0.25, 0.3) is 0 Å². The second-order valence-corrected chi connectivity index (χ2v) is 6.32. The number of piperazine rings is 1.